The smallest absolute Gasteiger partial charge is 0.338 e. The van der Waals surface area contributed by atoms with Crippen molar-refractivity contribution in [3.05, 3.63) is 138 Å². The van der Waals surface area contributed by atoms with E-state index in [9.17, 15) is 14.0 Å². The van der Waals surface area contributed by atoms with Crippen molar-refractivity contribution < 1.29 is 28.1 Å². The van der Waals surface area contributed by atoms with E-state index in [1.54, 1.807) is 55.9 Å². The molecule has 3 aromatic carbocycles. The van der Waals surface area contributed by atoms with Crippen molar-refractivity contribution in [1.29, 1.82) is 0 Å². The monoisotopic (exact) mass is 709 g/mol. The van der Waals surface area contributed by atoms with Gasteiger partial charge in [-0.3, -0.25) is 9.36 Å². The summed E-state index contributed by atoms with van der Waals surface area (Å²) in [6, 6.07) is 20.8. The van der Waals surface area contributed by atoms with E-state index >= 15 is 0 Å². The van der Waals surface area contributed by atoms with Crippen molar-refractivity contribution in [1.82, 2.24) is 9.13 Å². The van der Waals surface area contributed by atoms with E-state index in [-0.39, 0.29) is 36.3 Å². The van der Waals surface area contributed by atoms with Gasteiger partial charge in [0.05, 0.1) is 41.7 Å². The Balaban J connectivity index is 1.38. The molecule has 1 aliphatic heterocycles. The molecule has 0 radical (unpaired) electrons. The van der Waals surface area contributed by atoms with E-state index in [2.05, 4.69) is 4.57 Å². The standard InChI is InChI=1S/C40H40FN3O6S/c1-8-48-39(46)36-25(5)42-40-44(37(36)27-13-18-33(50-23(2)3)34(20-27)47-7)38(45)35(51-40)21-29-19-24(4)43(26(29)6)30-14-16-31(17-15-30)49-22-28-11-9-10-12-32(28)41/h9-21,23,37H,8,22H2,1-7H3/b35-21+/t37-/m1/s1. The first-order chi connectivity index (χ1) is 24.5. The number of methoxy groups -OCH3 is 1. The summed E-state index contributed by atoms with van der Waals surface area (Å²) >= 11 is 1.27. The van der Waals surface area contributed by atoms with Crippen LogP contribution in [0.3, 0.4) is 0 Å². The number of hydrogen-bond acceptors (Lipinski definition) is 8. The number of esters is 1. The highest BCUT2D eigenvalue weighted by atomic mass is 32.1. The fourth-order valence-corrected chi connectivity index (χ4v) is 7.29. The van der Waals surface area contributed by atoms with Crippen LogP contribution < -0.4 is 29.1 Å². The van der Waals surface area contributed by atoms with Gasteiger partial charge >= 0.3 is 5.97 Å². The third kappa shape index (κ3) is 7.12. The van der Waals surface area contributed by atoms with E-state index in [1.807, 2.05) is 70.2 Å². The average molecular weight is 710 g/mol. The molecule has 11 heteroatoms. The van der Waals surface area contributed by atoms with Crippen molar-refractivity contribution in [2.45, 2.75) is 60.3 Å². The SMILES string of the molecule is CCOC(=O)C1=C(C)N=c2s/c(=C/c3cc(C)n(-c4ccc(OCc5ccccc5F)cc4)c3C)c(=O)n2[C@@H]1c1ccc(OC(C)C)c(OC)c1. The van der Waals surface area contributed by atoms with Gasteiger partial charge in [0.2, 0.25) is 0 Å². The molecule has 0 spiro atoms. The summed E-state index contributed by atoms with van der Waals surface area (Å²) in [5.41, 5.74) is 5.33. The van der Waals surface area contributed by atoms with Crippen LogP contribution in [0.5, 0.6) is 17.2 Å². The topological polar surface area (TPSA) is 93.3 Å². The molecule has 0 fully saturated rings. The number of carbonyl (C=O) groups is 1. The molecule has 2 aromatic heterocycles. The van der Waals surface area contributed by atoms with Crippen molar-refractivity contribution in [3.63, 3.8) is 0 Å². The molecule has 0 bridgehead atoms. The Bertz CT molecular complexity index is 2320. The summed E-state index contributed by atoms with van der Waals surface area (Å²) in [5.74, 6) is 0.827. The fraction of sp³-hybridized carbons (Fsp3) is 0.275. The highest BCUT2D eigenvalue weighted by Crippen LogP contribution is 2.36. The third-order valence-electron chi connectivity index (χ3n) is 8.59. The predicted octanol–water partition coefficient (Wildman–Crippen LogP) is 6.72. The van der Waals surface area contributed by atoms with E-state index < -0.39 is 12.0 Å². The zero-order valence-electron chi connectivity index (χ0n) is 29.7. The normalized spacial score (nSPS) is 14.4. The quantitative estimate of drug-likeness (QED) is 0.142. The van der Waals surface area contributed by atoms with Crippen LogP contribution in [-0.2, 0) is 16.1 Å². The third-order valence-corrected chi connectivity index (χ3v) is 9.57. The molecule has 6 rings (SSSR count). The van der Waals surface area contributed by atoms with E-state index in [0.29, 0.717) is 43.4 Å². The maximum absolute atomic E-state index is 14.3. The van der Waals surface area contributed by atoms with Crippen LogP contribution in [0.15, 0.2) is 93.9 Å². The lowest BCUT2D eigenvalue weighted by molar-refractivity contribution is -0.139. The summed E-state index contributed by atoms with van der Waals surface area (Å²) in [5, 5.41) is 0. The Kier molecular flexibility index (Phi) is 10.3. The van der Waals surface area contributed by atoms with E-state index in [0.717, 1.165) is 22.6 Å². The molecule has 264 valence electrons. The first kappa shape index (κ1) is 35.4. The van der Waals surface area contributed by atoms with Gasteiger partial charge in [0.25, 0.3) is 5.56 Å². The molecule has 1 atom stereocenters. The summed E-state index contributed by atoms with van der Waals surface area (Å²) in [7, 11) is 1.55. The largest absolute Gasteiger partial charge is 0.493 e. The molecule has 0 unspecified atom stereocenters. The van der Waals surface area contributed by atoms with Gasteiger partial charge in [-0.25, -0.2) is 14.2 Å². The van der Waals surface area contributed by atoms with Crippen LogP contribution in [0, 0.1) is 19.7 Å². The maximum atomic E-state index is 14.3. The first-order valence-electron chi connectivity index (χ1n) is 16.7. The van der Waals surface area contributed by atoms with E-state index in [4.69, 9.17) is 23.9 Å². The second kappa shape index (κ2) is 14.8. The molecule has 0 aliphatic carbocycles. The minimum Gasteiger partial charge on any atom is -0.493 e. The summed E-state index contributed by atoms with van der Waals surface area (Å²) in [4.78, 5) is 32.9. The number of hydrogen-bond donors (Lipinski definition) is 0. The molecule has 3 heterocycles. The van der Waals surface area contributed by atoms with Gasteiger partial charge in [0.15, 0.2) is 16.3 Å². The summed E-state index contributed by atoms with van der Waals surface area (Å²) < 4.78 is 41.1. The average Bonchev–Trinajstić information content (AvgIpc) is 3.56. The number of halogens is 1. The molecular weight excluding hydrogens is 670 g/mol. The Morgan fingerprint density at radius 3 is 2.45 bits per heavy atom. The number of ether oxygens (including phenoxy) is 4. The molecule has 0 saturated carbocycles. The van der Waals surface area contributed by atoms with E-state index in [1.165, 1.54) is 17.4 Å². The molecule has 51 heavy (non-hydrogen) atoms. The molecule has 9 nitrogen and oxygen atoms in total. The van der Waals surface area contributed by atoms with Gasteiger partial charge in [0.1, 0.15) is 18.2 Å². The minimum absolute atomic E-state index is 0.0768. The molecule has 1 aliphatic rings. The molecular formula is C40H40FN3O6S. The number of fused-ring (bicyclic) bond motifs is 1. The maximum Gasteiger partial charge on any atom is 0.338 e. The number of nitrogens with zero attached hydrogens (tertiary/aromatic N) is 3. The molecule has 0 saturated heterocycles. The van der Waals surface area contributed by atoms with Crippen molar-refractivity contribution in [2.24, 2.45) is 4.99 Å². The van der Waals surface area contributed by atoms with Crippen LogP contribution in [0.4, 0.5) is 4.39 Å². The summed E-state index contributed by atoms with van der Waals surface area (Å²) in [6.07, 6.45) is 1.79. The summed E-state index contributed by atoms with van der Waals surface area (Å²) in [6.45, 7) is 11.7. The van der Waals surface area contributed by atoms with Gasteiger partial charge in [-0.15, -0.1) is 0 Å². The van der Waals surface area contributed by atoms with Crippen LogP contribution in [-0.4, -0.2) is 34.9 Å². The lowest BCUT2D eigenvalue weighted by atomic mass is 9.95. The first-order valence-corrected chi connectivity index (χ1v) is 17.5. The lowest BCUT2D eigenvalue weighted by Crippen LogP contribution is -2.40. The molecule has 0 amide bonds. The zero-order valence-corrected chi connectivity index (χ0v) is 30.5. The molecule has 5 aromatic rings. The minimum atomic E-state index is -0.795. The molecule has 0 N–H and O–H groups in total. The predicted molar refractivity (Wildman–Crippen MR) is 195 cm³/mol. The van der Waals surface area contributed by atoms with Gasteiger partial charge < -0.3 is 23.5 Å². The Morgan fingerprint density at radius 1 is 1.02 bits per heavy atom. The zero-order chi connectivity index (χ0) is 36.4. The number of benzene rings is 3. The second-order valence-electron chi connectivity index (χ2n) is 12.4. The number of aryl methyl sites for hydroxylation is 1. The number of rotatable bonds is 11. The highest BCUT2D eigenvalue weighted by molar-refractivity contribution is 7.07. The van der Waals surface area contributed by atoms with Crippen LogP contribution in [0.25, 0.3) is 11.8 Å². The van der Waals surface area contributed by atoms with Gasteiger partial charge in [-0.2, -0.15) is 0 Å². The number of thiazole rings is 1. The number of aromatic nitrogens is 2. The van der Waals surface area contributed by atoms with Gasteiger partial charge in [-0.05, 0) is 107 Å². The second-order valence-corrected chi connectivity index (χ2v) is 13.4. The van der Waals surface area contributed by atoms with Crippen molar-refractivity contribution in [2.75, 3.05) is 13.7 Å². The van der Waals surface area contributed by atoms with Crippen LogP contribution in [0.2, 0.25) is 0 Å². The van der Waals surface area contributed by atoms with Crippen LogP contribution in [0.1, 0.15) is 61.8 Å². The van der Waals surface area contributed by atoms with Crippen molar-refractivity contribution >= 4 is 23.4 Å². The number of carbonyl (C=O) groups excluding carboxylic acids is 1. The fourth-order valence-electron chi connectivity index (χ4n) is 6.25. The van der Waals surface area contributed by atoms with Crippen molar-refractivity contribution in [3.8, 4) is 22.9 Å². The highest BCUT2D eigenvalue weighted by Gasteiger charge is 2.34. The Hall–Kier alpha value is -5.42. The lowest BCUT2D eigenvalue weighted by Gasteiger charge is -2.25. The Morgan fingerprint density at radius 2 is 1.76 bits per heavy atom. The Labute approximate surface area is 299 Å². The van der Waals surface area contributed by atoms with Gasteiger partial charge in [-0.1, -0.05) is 35.6 Å². The number of allylic oxidation sites excluding steroid dienone is 1. The van der Waals surface area contributed by atoms with Crippen LogP contribution >= 0.6 is 11.3 Å². The van der Waals surface area contributed by atoms with Gasteiger partial charge in [0, 0.05) is 22.6 Å².